The molecule has 33 heavy (non-hydrogen) atoms. The van der Waals surface area contributed by atoms with Gasteiger partial charge in [0.25, 0.3) is 0 Å². The zero-order valence-corrected chi connectivity index (χ0v) is 17.8. The Hall–Kier alpha value is -3.91. The third-order valence-electron chi connectivity index (χ3n) is 6.07. The number of furan rings is 1. The van der Waals surface area contributed by atoms with Crippen LogP contribution < -0.4 is 0 Å². The van der Waals surface area contributed by atoms with E-state index < -0.39 is 6.09 Å². The molecular weight excluding hydrogens is 423 g/mol. The van der Waals surface area contributed by atoms with E-state index in [4.69, 9.17) is 4.42 Å². The molecule has 1 amide bonds. The normalized spacial score (nSPS) is 15.5. The minimum absolute atomic E-state index is 0.137. The van der Waals surface area contributed by atoms with Crippen LogP contribution in [0.2, 0.25) is 0 Å². The molecule has 3 heterocycles. The molecule has 2 N–H and O–H groups in total. The minimum Gasteiger partial charge on any atom is -0.465 e. The van der Waals surface area contributed by atoms with Crippen molar-refractivity contribution in [1.29, 1.82) is 0 Å². The number of hydrogen-bond donors (Lipinski definition) is 2. The standard InChI is InChI=1S/C25H23FN4O3/c26-20-9-7-18(8-10-20)17-3-5-19(6-4-17)24(29-11-13-30(14-12-29)25(31)32)21-16-27-28-23(21)22-2-1-15-33-22/h1-10,15-16,24H,11-14H2,(H,27,28)(H,31,32). The number of aromatic amines is 1. The van der Waals surface area contributed by atoms with Gasteiger partial charge in [0.05, 0.1) is 12.3 Å². The molecule has 1 atom stereocenters. The molecule has 7 nitrogen and oxygen atoms in total. The summed E-state index contributed by atoms with van der Waals surface area (Å²) in [6.45, 7) is 2.07. The first kappa shape index (κ1) is 21.0. The number of carbonyl (C=O) groups is 1. The second-order valence-corrected chi connectivity index (χ2v) is 8.00. The molecule has 2 aromatic carbocycles. The fourth-order valence-electron chi connectivity index (χ4n) is 4.38. The predicted molar refractivity (Wildman–Crippen MR) is 121 cm³/mol. The van der Waals surface area contributed by atoms with Gasteiger partial charge in [0.15, 0.2) is 5.76 Å². The van der Waals surface area contributed by atoms with Gasteiger partial charge < -0.3 is 14.4 Å². The van der Waals surface area contributed by atoms with Gasteiger partial charge in [-0.15, -0.1) is 0 Å². The lowest BCUT2D eigenvalue weighted by atomic mass is 9.94. The summed E-state index contributed by atoms with van der Waals surface area (Å²) in [5.74, 6) is 0.407. The summed E-state index contributed by atoms with van der Waals surface area (Å²) in [7, 11) is 0. The molecule has 1 saturated heterocycles. The second-order valence-electron chi connectivity index (χ2n) is 8.00. The van der Waals surface area contributed by atoms with E-state index in [1.807, 2.05) is 30.5 Å². The lowest BCUT2D eigenvalue weighted by molar-refractivity contribution is 0.0933. The number of nitrogens with one attached hydrogen (secondary N) is 1. The molecule has 0 aliphatic carbocycles. The lowest BCUT2D eigenvalue weighted by Crippen LogP contribution is -2.49. The van der Waals surface area contributed by atoms with Crippen molar-refractivity contribution in [3.63, 3.8) is 0 Å². The zero-order chi connectivity index (χ0) is 22.8. The fraction of sp³-hybridized carbons (Fsp3) is 0.200. The maximum Gasteiger partial charge on any atom is 0.407 e. The highest BCUT2D eigenvalue weighted by molar-refractivity contribution is 5.66. The van der Waals surface area contributed by atoms with E-state index in [9.17, 15) is 14.3 Å². The Kier molecular flexibility index (Phi) is 5.66. The number of carboxylic acid groups (broad SMARTS) is 1. The highest BCUT2D eigenvalue weighted by Gasteiger charge is 2.31. The van der Waals surface area contributed by atoms with E-state index in [0.29, 0.717) is 31.9 Å². The van der Waals surface area contributed by atoms with E-state index >= 15 is 0 Å². The third kappa shape index (κ3) is 4.25. The van der Waals surface area contributed by atoms with Crippen molar-refractivity contribution in [2.24, 2.45) is 0 Å². The van der Waals surface area contributed by atoms with Gasteiger partial charge >= 0.3 is 6.09 Å². The summed E-state index contributed by atoms with van der Waals surface area (Å²) in [5.41, 5.74) is 4.68. The van der Waals surface area contributed by atoms with Crippen LogP contribution in [-0.4, -0.2) is 57.4 Å². The Morgan fingerprint density at radius 1 is 1.00 bits per heavy atom. The molecule has 5 rings (SSSR count). The fourth-order valence-corrected chi connectivity index (χ4v) is 4.38. The van der Waals surface area contributed by atoms with Crippen LogP contribution in [0.1, 0.15) is 17.2 Å². The van der Waals surface area contributed by atoms with E-state index in [1.54, 1.807) is 18.4 Å². The molecule has 0 saturated carbocycles. The van der Waals surface area contributed by atoms with Gasteiger partial charge in [-0.2, -0.15) is 5.10 Å². The SMILES string of the molecule is O=C(O)N1CCN(C(c2ccc(-c3ccc(F)cc3)cc2)c2c[nH]nc2-c2ccco2)CC1. The monoisotopic (exact) mass is 446 g/mol. The van der Waals surface area contributed by atoms with Gasteiger partial charge in [-0.3, -0.25) is 10.00 Å². The highest BCUT2D eigenvalue weighted by atomic mass is 19.1. The van der Waals surface area contributed by atoms with Crippen molar-refractivity contribution in [3.8, 4) is 22.6 Å². The average molecular weight is 446 g/mol. The first-order valence-electron chi connectivity index (χ1n) is 10.8. The molecule has 1 aliphatic heterocycles. The molecule has 1 unspecified atom stereocenters. The second kappa shape index (κ2) is 8.91. The number of amides is 1. The Morgan fingerprint density at radius 3 is 2.27 bits per heavy atom. The number of nitrogens with zero attached hydrogens (tertiary/aromatic N) is 3. The molecule has 0 spiro atoms. The van der Waals surface area contributed by atoms with Crippen molar-refractivity contribution < 1.29 is 18.7 Å². The van der Waals surface area contributed by atoms with Gasteiger partial charge in [0, 0.05) is 37.9 Å². The summed E-state index contributed by atoms with van der Waals surface area (Å²) in [5, 5.41) is 16.7. The summed E-state index contributed by atoms with van der Waals surface area (Å²) in [4.78, 5) is 15.1. The maximum atomic E-state index is 13.3. The largest absolute Gasteiger partial charge is 0.465 e. The molecule has 168 valence electrons. The van der Waals surface area contributed by atoms with Gasteiger partial charge in [-0.05, 0) is 41.0 Å². The van der Waals surface area contributed by atoms with Gasteiger partial charge in [0.2, 0.25) is 0 Å². The van der Waals surface area contributed by atoms with Crippen LogP contribution in [0.15, 0.2) is 77.5 Å². The molecule has 0 bridgehead atoms. The Labute approximate surface area is 190 Å². The van der Waals surface area contributed by atoms with Crippen LogP contribution in [0.4, 0.5) is 9.18 Å². The molecule has 0 radical (unpaired) electrons. The molecule has 1 aliphatic rings. The zero-order valence-electron chi connectivity index (χ0n) is 17.8. The molecular formula is C25H23FN4O3. The van der Waals surface area contributed by atoms with Crippen molar-refractivity contribution in [2.45, 2.75) is 6.04 Å². The quantitative estimate of drug-likeness (QED) is 0.457. The summed E-state index contributed by atoms with van der Waals surface area (Å²) < 4.78 is 18.9. The highest BCUT2D eigenvalue weighted by Crippen LogP contribution is 2.36. The smallest absolute Gasteiger partial charge is 0.407 e. The molecule has 4 aromatic rings. The lowest BCUT2D eigenvalue weighted by Gasteiger charge is -2.38. The first-order valence-corrected chi connectivity index (χ1v) is 10.8. The summed E-state index contributed by atoms with van der Waals surface area (Å²) in [6.07, 6.45) is 2.60. The van der Waals surface area contributed by atoms with Gasteiger partial charge in [0.1, 0.15) is 11.5 Å². The van der Waals surface area contributed by atoms with Crippen LogP contribution in [0, 0.1) is 5.82 Å². The Bertz CT molecular complexity index is 1210. The van der Waals surface area contributed by atoms with Gasteiger partial charge in [-0.1, -0.05) is 36.4 Å². The minimum atomic E-state index is -0.894. The summed E-state index contributed by atoms with van der Waals surface area (Å²) >= 11 is 0. The molecule has 2 aromatic heterocycles. The van der Waals surface area contributed by atoms with E-state index in [2.05, 4.69) is 27.2 Å². The molecule has 1 fully saturated rings. The topological polar surface area (TPSA) is 85.6 Å². The number of H-pyrrole nitrogens is 1. The van der Waals surface area contributed by atoms with Crippen molar-refractivity contribution in [1.82, 2.24) is 20.0 Å². The summed E-state index contributed by atoms with van der Waals surface area (Å²) in [6, 6.07) is 18.2. The number of rotatable bonds is 5. The number of halogens is 1. The number of aromatic nitrogens is 2. The van der Waals surface area contributed by atoms with Crippen LogP contribution in [-0.2, 0) is 0 Å². The van der Waals surface area contributed by atoms with Crippen LogP contribution in [0.3, 0.4) is 0 Å². The molecule has 8 heteroatoms. The number of benzene rings is 2. The van der Waals surface area contributed by atoms with Crippen LogP contribution >= 0.6 is 0 Å². The van der Waals surface area contributed by atoms with Crippen molar-refractivity contribution >= 4 is 6.09 Å². The van der Waals surface area contributed by atoms with Crippen LogP contribution in [0.25, 0.3) is 22.6 Å². The van der Waals surface area contributed by atoms with E-state index in [1.165, 1.54) is 17.0 Å². The van der Waals surface area contributed by atoms with Crippen molar-refractivity contribution in [3.05, 3.63) is 90.1 Å². The maximum absolute atomic E-state index is 13.3. The Morgan fingerprint density at radius 2 is 1.67 bits per heavy atom. The van der Waals surface area contributed by atoms with E-state index in [-0.39, 0.29) is 11.9 Å². The number of piperazine rings is 1. The third-order valence-corrected chi connectivity index (χ3v) is 6.07. The first-order chi connectivity index (χ1) is 16.1. The van der Waals surface area contributed by atoms with Gasteiger partial charge in [-0.25, -0.2) is 9.18 Å². The van der Waals surface area contributed by atoms with Crippen molar-refractivity contribution in [2.75, 3.05) is 26.2 Å². The number of hydrogen-bond acceptors (Lipinski definition) is 4. The van der Waals surface area contributed by atoms with E-state index in [0.717, 1.165) is 27.9 Å². The predicted octanol–water partition coefficient (Wildman–Crippen LogP) is 4.86. The van der Waals surface area contributed by atoms with Crippen LogP contribution in [0.5, 0.6) is 0 Å². The Balaban J connectivity index is 1.50. The average Bonchev–Trinajstić information content (AvgIpc) is 3.53.